The van der Waals surface area contributed by atoms with Crippen LogP contribution in [0.15, 0.2) is 55.1 Å². The van der Waals surface area contributed by atoms with E-state index in [4.69, 9.17) is 16.3 Å². The molecular weight excluding hydrogens is 374 g/mol. The van der Waals surface area contributed by atoms with Crippen molar-refractivity contribution in [1.82, 2.24) is 14.8 Å². The van der Waals surface area contributed by atoms with E-state index in [1.54, 1.807) is 35.3 Å². The van der Waals surface area contributed by atoms with Gasteiger partial charge in [-0.25, -0.2) is 9.67 Å². The van der Waals surface area contributed by atoms with Crippen molar-refractivity contribution in [3.05, 3.63) is 75.8 Å². The zero-order chi connectivity index (χ0) is 19.2. The summed E-state index contributed by atoms with van der Waals surface area (Å²) in [6.07, 6.45) is 3.03. The van der Waals surface area contributed by atoms with E-state index in [0.717, 1.165) is 6.07 Å². The summed E-state index contributed by atoms with van der Waals surface area (Å²) >= 11 is 5.76. The van der Waals surface area contributed by atoms with Crippen molar-refractivity contribution in [1.29, 1.82) is 0 Å². The van der Waals surface area contributed by atoms with Gasteiger partial charge in [-0.15, -0.1) is 0 Å². The van der Waals surface area contributed by atoms with E-state index in [1.165, 1.54) is 18.5 Å². The summed E-state index contributed by atoms with van der Waals surface area (Å²) in [7, 11) is 0. The average molecular weight is 388 g/mol. The number of nitro benzene ring substituents is 1. The lowest BCUT2D eigenvalue weighted by molar-refractivity contribution is -0.384. The van der Waals surface area contributed by atoms with E-state index < -0.39 is 10.8 Å². The van der Waals surface area contributed by atoms with E-state index in [1.807, 2.05) is 0 Å². The van der Waals surface area contributed by atoms with Crippen LogP contribution >= 0.6 is 11.6 Å². The maximum Gasteiger partial charge on any atom is 0.288 e. The fraction of sp³-hybridized carbons (Fsp3) is 0.118. The molecule has 0 fully saturated rings. The third-order valence-corrected chi connectivity index (χ3v) is 3.87. The van der Waals surface area contributed by atoms with Crippen molar-refractivity contribution < 1.29 is 14.5 Å². The van der Waals surface area contributed by atoms with Gasteiger partial charge in [0, 0.05) is 23.4 Å². The number of carbonyl (C=O) groups is 1. The monoisotopic (exact) mass is 387 g/mol. The molecule has 0 aliphatic carbocycles. The number of aromatic nitrogens is 3. The number of rotatable bonds is 7. The van der Waals surface area contributed by atoms with E-state index in [0.29, 0.717) is 24.6 Å². The SMILES string of the molecule is O=C(Nc1cccc(OCCn2cncn2)c1)c1ccc(Cl)c([N+](=O)[O-])c1. The molecule has 0 spiro atoms. The molecule has 2 aromatic carbocycles. The Morgan fingerprint density at radius 1 is 1.30 bits per heavy atom. The van der Waals surface area contributed by atoms with E-state index in [9.17, 15) is 14.9 Å². The predicted molar refractivity (Wildman–Crippen MR) is 98.0 cm³/mol. The molecule has 138 valence electrons. The first-order valence-electron chi connectivity index (χ1n) is 7.83. The van der Waals surface area contributed by atoms with Crippen molar-refractivity contribution in [3.63, 3.8) is 0 Å². The van der Waals surface area contributed by atoms with Gasteiger partial charge >= 0.3 is 0 Å². The van der Waals surface area contributed by atoms with Crippen LogP contribution < -0.4 is 10.1 Å². The first-order chi connectivity index (χ1) is 13.0. The minimum Gasteiger partial charge on any atom is -0.492 e. The van der Waals surface area contributed by atoms with Crippen LogP contribution in [-0.4, -0.2) is 32.2 Å². The van der Waals surface area contributed by atoms with Crippen LogP contribution in [0.25, 0.3) is 0 Å². The molecule has 0 aliphatic heterocycles. The smallest absolute Gasteiger partial charge is 0.288 e. The van der Waals surface area contributed by atoms with Gasteiger partial charge in [0.25, 0.3) is 11.6 Å². The van der Waals surface area contributed by atoms with Gasteiger partial charge in [0.15, 0.2) is 0 Å². The van der Waals surface area contributed by atoms with Crippen LogP contribution in [0.3, 0.4) is 0 Å². The normalized spacial score (nSPS) is 10.4. The predicted octanol–water partition coefficient (Wildman–Crippen LogP) is 3.17. The number of hydrogen-bond acceptors (Lipinski definition) is 6. The summed E-state index contributed by atoms with van der Waals surface area (Å²) in [5.74, 6) is 0.0736. The Bertz CT molecular complexity index is 962. The maximum absolute atomic E-state index is 12.3. The van der Waals surface area contributed by atoms with Crippen LogP contribution in [0.5, 0.6) is 5.75 Å². The van der Waals surface area contributed by atoms with Crippen LogP contribution in [-0.2, 0) is 6.54 Å². The highest BCUT2D eigenvalue weighted by molar-refractivity contribution is 6.32. The zero-order valence-electron chi connectivity index (χ0n) is 13.9. The van der Waals surface area contributed by atoms with Gasteiger partial charge < -0.3 is 10.1 Å². The Morgan fingerprint density at radius 2 is 2.15 bits per heavy atom. The molecule has 0 aliphatic rings. The van der Waals surface area contributed by atoms with Crippen LogP contribution in [0, 0.1) is 10.1 Å². The minimum absolute atomic E-state index is 0.0284. The molecule has 1 heterocycles. The second kappa shape index (κ2) is 8.28. The molecule has 3 aromatic rings. The topological polar surface area (TPSA) is 112 Å². The Kier molecular flexibility index (Phi) is 5.62. The molecule has 0 radical (unpaired) electrons. The molecule has 9 nitrogen and oxygen atoms in total. The summed E-state index contributed by atoms with van der Waals surface area (Å²) in [5, 5.41) is 17.6. The number of benzene rings is 2. The number of halogens is 1. The van der Waals surface area contributed by atoms with Gasteiger partial charge in [-0.1, -0.05) is 17.7 Å². The fourth-order valence-corrected chi connectivity index (χ4v) is 2.45. The molecular formula is C17H14ClN5O4. The van der Waals surface area contributed by atoms with Gasteiger partial charge in [0.2, 0.25) is 0 Å². The number of nitro groups is 1. The second-order valence-corrected chi connectivity index (χ2v) is 5.82. The van der Waals surface area contributed by atoms with Gasteiger partial charge in [-0.05, 0) is 24.3 Å². The Balaban J connectivity index is 1.64. The molecule has 1 N–H and O–H groups in total. The standard InChI is InChI=1S/C17H14ClN5O4/c18-15-5-4-12(8-16(15)23(25)26)17(24)21-13-2-1-3-14(9-13)27-7-6-22-11-19-10-20-22/h1-5,8-11H,6-7H2,(H,21,24). The van der Waals surface area contributed by atoms with E-state index in [-0.39, 0.29) is 16.3 Å². The first kappa shape index (κ1) is 18.3. The molecule has 0 saturated carbocycles. The lowest BCUT2D eigenvalue weighted by Gasteiger charge is -2.09. The van der Waals surface area contributed by atoms with Crippen LogP contribution in [0.4, 0.5) is 11.4 Å². The number of nitrogens with one attached hydrogen (secondary N) is 1. The highest BCUT2D eigenvalue weighted by atomic mass is 35.5. The van der Waals surface area contributed by atoms with Crippen LogP contribution in [0.1, 0.15) is 10.4 Å². The molecule has 0 bridgehead atoms. The van der Waals surface area contributed by atoms with Crippen molar-refractivity contribution in [3.8, 4) is 5.75 Å². The van der Waals surface area contributed by atoms with Crippen molar-refractivity contribution in [2.24, 2.45) is 0 Å². The number of ether oxygens (including phenoxy) is 1. The number of carbonyl (C=O) groups excluding carboxylic acids is 1. The highest BCUT2D eigenvalue weighted by Gasteiger charge is 2.16. The molecule has 0 unspecified atom stereocenters. The largest absolute Gasteiger partial charge is 0.492 e. The molecule has 27 heavy (non-hydrogen) atoms. The summed E-state index contributed by atoms with van der Waals surface area (Å²) in [5.41, 5.74) is 0.300. The Hall–Kier alpha value is -3.46. The zero-order valence-corrected chi connectivity index (χ0v) is 14.7. The fourth-order valence-electron chi connectivity index (χ4n) is 2.27. The number of amides is 1. The van der Waals surface area contributed by atoms with Crippen molar-refractivity contribution in [2.75, 3.05) is 11.9 Å². The lowest BCUT2D eigenvalue weighted by Crippen LogP contribution is -2.12. The number of nitrogens with zero attached hydrogens (tertiary/aromatic N) is 4. The van der Waals surface area contributed by atoms with E-state index in [2.05, 4.69) is 15.4 Å². The minimum atomic E-state index is -0.636. The third-order valence-electron chi connectivity index (χ3n) is 3.55. The maximum atomic E-state index is 12.3. The van der Waals surface area contributed by atoms with Gasteiger partial charge in [-0.2, -0.15) is 5.10 Å². The quantitative estimate of drug-likeness (QED) is 0.492. The summed E-state index contributed by atoms with van der Waals surface area (Å²) < 4.78 is 7.26. The van der Waals surface area contributed by atoms with Gasteiger partial charge in [0.1, 0.15) is 30.0 Å². The molecule has 3 rings (SSSR count). The van der Waals surface area contributed by atoms with Crippen molar-refractivity contribution in [2.45, 2.75) is 6.54 Å². The molecule has 0 atom stereocenters. The Morgan fingerprint density at radius 3 is 2.89 bits per heavy atom. The first-order valence-corrected chi connectivity index (χ1v) is 8.21. The number of anilines is 1. The summed E-state index contributed by atoms with van der Waals surface area (Å²) in [4.78, 5) is 26.5. The lowest BCUT2D eigenvalue weighted by atomic mass is 10.2. The summed E-state index contributed by atoms with van der Waals surface area (Å²) in [6, 6.07) is 10.7. The molecule has 1 amide bonds. The number of hydrogen-bond donors (Lipinski definition) is 1. The van der Waals surface area contributed by atoms with Gasteiger partial charge in [0.05, 0.1) is 11.5 Å². The third kappa shape index (κ3) is 4.79. The van der Waals surface area contributed by atoms with Crippen molar-refractivity contribution >= 4 is 28.9 Å². The highest BCUT2D eigenvalue weighted by Crippen LogP contribution is 2.26. The van der Waals surface area contributed by atoms with Crippen LogP contribution in [0.2, 0.25) is 5.02 Å². The Labute approximate surface area is 158 Å². The molecule has 10 heteroatoms. The molecule has 1 aromatic heterocycles. The average Bonchev–Trinajstić information content (AvgIpc) is 3.15. The second-order valence-electron chi connectivity index (χ2n) is 5.41. The molecule has 0 saturated heterocycles. The van der Waals surface area contributed by atoms with Gasteiger partial charge in [-0.3, -0.25) is 14.9 Å². The van der Waals surface area contributed by atoms with E-state index >= 15 is 0 Å². The summed E-state index contributed by atoms with van der Waals surface area (Å²) in [6.45, 7) is 0.912.